The number of halogens is 1. The molecule has 0 unspecified atom stereocenters. The number of nitrogens with one attached hydrogen (secondary N) is 2. The predicted octanol–water partition coefficient (Wildman–Crippen LogP) is 3.32. The number of rotatable bonds is 8. The van der Waals surface area contributed by atoms with Crippen LogP contribution in [0.5, 0.6) is 0 Å². The Kier molecular flexibility index (Phi) is 12.0. The van der Waals surface area contributed by atoms with E-state index in [1.165, 1.54) is 11.1 Å². The average molecular weight is 449 g/mol. The maximum absolute atomic E-state index is 5.61. The van der Waals surface area contributed by atoms with E-state index in [9.17, 15) is 0 Å². The molecule has 0 spiro atoms. The summed E-state index contributed by atoms with van der Waals surface area (Å²) in [7, 11) is 1.78. The van der Waals surface area contributed by atoms with Crippen LogP contribution in [-0.2, 0) is 22.6 Å². The molecule has 5 nitrogen and oxygen atoms in total. The normalized spacial score (nSPS) is 11.8. The van der Waals surface area contributed by atoms with Gasteiger partial charge >= 0.3 is 0 Å². The van der Waals surface area contributed by atoms with Crippen LogP contribution in [0.1, 0.15) is 38.8 Å². The van der Waals surface area contributed by atoms with E-state index < -0.39 is 0 Å². The van der Waals surface area contributed by atoms with Crippen molar-refractivity contribution < 1.29 is 9.47 Å². The van der Waals surface area contributed by atoms with Crippen LogP contribution in [-0.4, -0.2) is 38.4 Å². The number of aliphatic imine (C=N–C) groups is 1. The highest BCUT2D eigenvalue weighted by atomic mass is 127. The van der Waals surface area contributed by atoms with Crippen molar-refractivity contribution in [3.8, 4) is 0 Å². The Morgan fingerprint density at radius 1 is 1.12 bits per heavy atom. The third-order valence-corrected chi connectivity index (χ3v) is 3.01. The van der Waals surface area contributed by atoms with Gasteiger partial charge in [-0.2, -0.15) is 0 Å². The van der Waals surface area contributed by atoms with Crippen molar-refractivity contribution in [2.75, 3.05) is 26.9 Å². The fourth-order valence-corrected chi connectivity index (χ4v) is 2.00. The van der Waals surface area contributed by atoms with Gasteiger partial charge in [0.15, 0.2) is 5.96 Å². The molecule has 24 heavy (non-hydrogen) atoms. The molecule has 1 aromatic rings. The number of nitrogens with zero attached hydrogens (tertiary/aromatic N) is 1. The van der Waals surface area contributed by atoms with E-state index in [0.29, 0.717) is 19.8 Å². The van der Waals surface area contributed by atoms with Crippen molar-refractivity contribution in [3.63, 3.8) is 0 Å². The van der Waals surface area contributed by atoms with Gasteiger partial charge in [-0.25, -0.2) is 0 Å². The number of hydrogen-bond acceptors (Lipinski definition) is 3. The van der Waals surface area contributed by atoms with Gasteiger partial charge in [0.2, 0.25) is 0 Å². The molecule has 0 aliphatic carbocycles. The smallest absolute Gasteiger partial charge is 0.191 e. The Balaban J connectivity index is 0.00000529. The van der Waals surface area contributed by atoms with Gasteiger partial charge in [-0.1, -0.05) is 24.3 Å². The van der Waals surface area contributed by atoms with E-state index >= 15 is 0 Å². The van der Waals surface area contributed by atoms with Crippen LogP contribution >= 0.6 is 24.0 Å². The van der Waals surface area contributed by atoms with Gasteiger partial charge in [0.1, 0.15) is 0 Å². The summed E-state index contributed by atoms with van der Waals surface area (Å²) < 4.78 is 10.9. The summed E-state index contributed by atoms with van der Waals surface area (Å²) in [5, 5.41) is 6.68. The first kappa shape index (κ1) is 23.1. The summed E-state index contributed by atoms with van der Waals surface area (Å²) in [6.07, 6.45) is 0. The predicted molar refractivity (Wildman–Crippen MR) is 111 cm³/mol. The monoisotopic (exact) mass is 449 g/mol. The van der Waals surface area contributed by atoms with Gasteiger partial charge < -0.3 is 20.1 Å². The maximum Gasteiger partial charge on any atom is 0.191 e. The SMILES string of the molecule is CCOCCOCc1cccc(CNC(=NC)NC(C)(C)C)c1.I. The molecule has 138 valence electrons. The molecule has 0 aliphatic rings. The van der Waals surface area contributed by atoms with E-state index in [4.69, 9.17) is 9.47 Å². The first-order valence-corrected chi connectivity index (χ1v) is 8.16. The highest BCUT2D eigenvalue weighted by Crippen LogP contribution is 2.07. The Hall–Kier alpha value is -0.860. The maximum atomic E-state index is 5.61. The van der Waals surface area contributed by atoms with Crippen LogP contribution in [0.3, 0.4) is 0 Å². The fraction of sp³-hybridized carbons (Fsp3) is 0.611. The van der Waals surface area contributed by atoms with Crippen molar-refractivity contribution in [2.45, 2.75) is 46.4 Å². The highest BCUT2D eigenvalue weighted by molar-refractivity contribution is 14.0. The van der Waals surface area contributed by atoms with Gasteiger partial charge in [-0.05, 0) is 38.8 Å². The van der Waals surface area contributed by atoms with Crippen LogP contribution < -0.4 is 10.6 Å². The second kappa shape index (κ2) is 12.5. The molecular weight excluding hydrogens is 417 g/mol. The topological polar surface area (TPSA) is 54.9 Å². The Bertz CT molecular complexity index is 487. The molecule has 2 N–H and O–H groups in total. The van der Waals surface area contributed by atoms with Crippen molar-refractivity contribution >= 4 is 29.9 Å². The van der Waals surface area contributed by atoms with Crippen molar-refractivity contribution in [1.29, 1.82) is 0 Å². The minimum absolute atomic E-state index is 0. The molecule has 0 bridgehead atoms. The lowest BCUT2D eigenvalue weighted by Crippen LogP contribution is -2.47. The minimum atomic E-state index is -0.0158. The molecule has 1 rings (SSSR count). The summed E-state index contributed by atoms with van der Waals surface area (Å²) in [6.45, 7) is 11.6. The van der Waals surface area contributed by atoms with Gasteiger partial charge in [0.05, 0.1) is 19.8 Å². The van der Waals surface area contributed by atoms with E-state index in [2.05, 4.69) is 60.7 Å². The molecule has 0 aromatic heterocycles. The summed E-state index contributed by atoms with van der Waals surface area (Å²) in [6, 6.07) is 8.38. The molecule has 0 atom stereocenters. The standard InChI is InChI=1S/C18H31N3O2.HI/c1-6-22-10-11-23-14-16-9-7-8-15(12-16)13-20-17(19-5)21-18(2,3)4;/h7-9,12H,6,10-11,13-14H2,1-5H3,(H2,19,20,21);1H. The lowest BCUT2D eigenvalue weighted by Gasteiger charge is -2.23. The molecule has 0 radical (unpaired) electrons. The Morgan fingerprint density at radius 3 is 2.42 bits per heavy atom. The van der Waals surface area contributed by atoms with Gasteiger partial charge in [-0.15, -0.1) is 24.0 Å². The number of benzene rings is 1. The molecular formula is C18H32IN3O2. The van der Waals surface area contributed by atoms with Crippen molar-refractivity contribution in [1.82, 2.24) is 10.6 Å². The van der Waals surface area contributed by atoms with Crippen LogP contribution in [0, 0.1) is 0 Å². The third kappa shape index (κ3) is 10.8. The minimum Gasteiger partial charge on any atom is -0.379 e. The van der Waals surface area contributed by atoms with E-state index in [1.807, 2.05) is 6.92 Å². The van der Waals surface area contributed by atoms with E-state index in [-0.39, 0.29) is 29.5 Å². The van der Waals surface area contributed by atoms with Crippen LogP contribution in [0.4, 0.5) is 0 Å². The zero-order valence-electron chi connectivity index (χ0n) is 15.5. The molecule has 0 amide bonds. The van der Waals surface area contributed by atoms with Crippen LogP contribution in [0.25, 0.3) is 0 Å². The average Bonchev–Trinajstić information content (AvgIpc) is 2.50. The summed E-state index contributed by atoms with van der Waals surface area (Å²) in [4.78, 5) is 4.24. The largest absolute Gasteiger partial charge is 0.379 e. The second-order valence-electron chi connectivity index (χ2n) is 6.37. The van der Waals surface area contributed by atoms with Gasteiger partial charge in [0.25, 0.3) is 0 Å². The zero-order chi connectivity index (χ0) is 17.1. The highest BCUT2D eigenvalue weighted by Gasteiger charge is 2.11. The molecule has 0 saturated carbocycles. The van der Waals surface area contributed by atoms with Crippen LogP contribution in [0.15, 0.2) is 29.3 Å². The summed E-state index contributed by atoms with van der Waals surface area (Å²) in [5.41, 5.74) is 2.35. The number of ether oxygens (including phenoxy) is 2. The molecule has 0 fully saturated rings. The lowest BCUT2D eigenvalue weighted by atomic mass is 10.1. The molecule has 1 aromatic carbocycles. The van der Waals surface area contributed by atoms with Crippen molar-refractivity contribution in [3.05, 3.63) is 35.4 Å². The molecule has 6 heteroatoms. The first-order valence-electron chi connectivity index (χ1n) is 8.16. The molecule has 0 saturated heterocycles. The van der Waals surface area contributed by atoms with Gasteiger partial charge in [-0.3, -0.25) is 4.99 Å². The summed E-state index contributed by atoms with van der Waals surface area (Å²) in [5.74, 6) is 0.802. The fourth-order valence-electron chi connectivity index (χ4n) is 2.00. The Morgan fingerprint density at radius 2 is 1.79 bits per heavy atom. The third-order valence-electron chi connectivity index (χ3n) is 3.01. The quantitative estimate of drug-likeness (QED) is 0.277. The zero-order valence-corrected chi connectivity index (χ0v) is 17.8. The van der Waals surface area contributed by atoms with Crippen molar-refractivity contribution in [2.24, 2.45) is 4.99 Å². The Labute approximate surface area is 163 Å². The van der Waals surface area contributed by atoms with E-state index in [0.717, 1.165) is 19.1 Å². The van der Waals surface area contributed by atoms with Crippen LogP contribution in [0.2, 0.25) is 0 Å². The summed E-state index contributed by atoms with van der Waals surface area (Å²) >= 11 is 0. The van der Waals surface area contributed by atoms with Gasteiger partial charge in [0, 0.05) is 25.7 Å². The molecule has 0 aliphatic heterocycles. The number of hydrogen-bond donors (Lipinski definition) is 2. The molecule has 0 heterocycles. The second-order valence-corrected chi connectivity index (χ2v) is 6.37. The number of guanidine groups is 1. The lowest BCUT2D eigenvalue weighted by molar-refractivity contribution is 0.0453. The van der Waals surface area contributed by atoms with E-state index in [1.54, 1.807) is 7.05 Å². The first-order chi connectivity index (χ1) is 10.9.